The van der Waals surface area contributed by atoms with Crippen LogP contribution in [0.25, 0.3) is 16.8 Å². The summed E-state index contributed by atoms with van der Waals surface area (Å²) in [6, 6.07) is 45.4. The molecule has 9 rings (SSSR count). The maximum absolute atomic E-state index is 2.60. The van der Waals surface area contributed by atoms with E-state index >= 15 is 0 Å². The molecule has 3 heteroatoms. The molecule has 0 amide bonds. The second-order valence-electron chi connectivity index (χ2n) is 14.3. The first-order chi connectivity index (χ1) is 22.4. The van der Waals surface area contributed by atoms with Crippen LogP contribution < -0.4 is 26.2 Å². The summed E-state index contributed by atoms with van der Waals surface area (Å²) in [6.45, 7) is 9.49. The summed E-state index contributed by atoms with van der Waals surface area (Å²) >= 11 is 0. The lowest BCUT2D eigenvalue weighted by Crippen LogP contribution is -2.61. The van der Waals surface area contributed by atoms with Crippen molar-refractivity contribution in [3.8, 4) is 0 Å². The van der Waals surface area contributed by atoms with Gasteiger partial charge in [-0.15, -0.1) is 0 Å². The van der Waals surface area contributed by atoms with Gasteiger partial charge in [0, 0.05) is 39.5 Å². The molecule has 6 aromatic rings. The van der Waals surface area contributed by atoms with E-state index in [0.717, 1.165) is 6.42 Å². The molecule has 0 radical (unpaired) electrons. The fourth-order valence-corrected chi connectivity index (χ4v) is 8.08. The summed E-state index contributed by atoms with van der Waals surface area (Å²) in [6.07, 6.45) is 5.75. The van der Waals surface area contributed by atoms with Crippen molar-refractivity contribution in [3.05, 3.63) is 144 Å². The van der Waals surface area contributed by atoms with Gasteiger partial charge in [0.1, 0.15) is 0 Å². The summed E-state index contributed by atoms with van der Waals surface area (Å²) in [5.41, 5.74) is 15.9. The topological polar surface area (TPSA) is 6.48 Å². The summed E-state index contributed by atoms with van der Waals surface area (Å²) in [5, 5.41) is 2.56. The Bertz CT molecular complexity index is 2190. The van der Waals surface area contributed by atoms with Gasteiger partial charge in [-0.05, 0) is 92.6 Å². The molecule has 2 aliphatic heterocycles. The van der Waals surface area contributed by atoms with Crippen molar-refractivity contribution in [3.63, 3.8) is 0 Å². The Kier molecular flexibility index (Phi) is 5.93. The number of anilines is 6. The molecule has 1 unspecified atom stereocenters. The van der Waals surface area contributed by atoms with Crippen LogP contribution in [0.1, 0.15) is 44.4 Å². The van der Waals surface area contributed by atoms with E-state index in [4.69, 9.17) is 0 Å². The van der Waals surface area contributed by atoms with Gasteiger partial charge < -0.3 is 9.80 Å². The molecule has 0 N–H and O–H groups in total. The van der Waals surface area contributed by atoms with Gasteiger partial charge >= 0.3 is 0 Å². The molecule has 0 bridgehead atoms. The Balaban J connectivity index is 1.47. The van der Waals surface area contributed by atoms with Crippen molar-refractivity contribution < 1.29 is 0 Å². The van der Waals surface area contributed by atoms with Crippen molar-refractivity contribution in [1.29, 1.82) is 0 Å². The van der Waals surface area contributed by atoms with Gasteiger partial charge in [-0.2, -0.15) is 0 Å². The van der Waals surface area contributed by atoms with E-state index in [9.17, 15) is 0 Å². The molecular formula is C43H37BN2. The minimum Gasteiger partial charge on any atom is -0.311 e. The Hall–Kier alpha value is -5.02. The lowest BCUT2D eigenvalue weighted by Gasteiger charge is -2.46. The summed E-state index contributed by atoms with van der Waals surface area (Å²) in [7, 11) is 0. The quantitative estimate of drug-likeness (QED) is 0.185. The van der Waals surface area contributed by atoms with E-state index in [1.165, 1.54) is 78.0 Å². The van der Waals surface area contributed by atoms with Crippen LogP contribution in [-0.4, -0.2) is 6.71 Å². The maximum Gasteiger partial charge on any atom is 0.252 e. The number of hydrogen-bond donors (Lipinski definition) is 0. The highest BCUT2D eigenvalue weighted by Gasteiger charge is 2.45. The fourth-order valence-electron chi connectivity index (χ4n) is 8.08. The van der Waals surface area contributed by atoms with E-state index in [-0.39, 0.29) is 12.1 Å². The van der Waals surface area contributed by atoms with E-state index in [0.29, 0.717) is 5.92 Å². The molecule has 2 nitrogen and oxygen atoms in total. The Morgan fingerprint density at radius 2 is 1.24 bits per heavy atom. The van der Waals surface area contributed by atoms with Crippen LogP contribution in [0, 0.1) is 5.92 Å². The molecule has 0 spiro atoms. The lowest BCUT2D eigenvalue weighted by molar-refractivity contribution is 0.590. The molecule has 6 aromatic carbocycles. The average molecular weight is 593 g/mol. The zero-order valence-corrected chi connectivity index (χ0v) is 27.0. The number of allylic oxidation sites excluding steroid dienone is 1. The van der Waals surface area contributed by atoms with Crippen molar-refractivity contribution >= 4 is 74.1 Å². The molecule has 0 fully saturated rings. The van der Waals surface area contributed by atoms with Crippen molar-refractivity contribution in [1.82, 2.24) is 0 Å². The molecule has 1 aliphatic carbocycles. The third kappa shape index (κ3) is 3.97. The third-order valence-corrected chi connectivity index (χ3v) is 10.3. The van der Waals surface area contributed by atoms with Gasteiger partial charge in [0.05, 0.1) is 0 Å². The Morgan fingerprint density at radius 1 is 0.652 bits per heavy atom. The molecule has 0 saturated heterocycles. The van der Waals surface area contributed by atoms with Crippen molar-refractivity contribution in [2.45, 2.75) is 39.5 Å². The van der Waals surface area contributed by atoms with E-state index in [1.807, 2.05) is 0 Å². The predicted molar refractivity (Wildman–Crippen MR) is 199 cm³/mol. The predicted octanol–water partition coefficient (Wildman–Crippen LogP) is 9.43. The molecule has 46 heavy (non-hydrogen) atoms. The highest BCUT2D eigenvalue weighted by atomic mass is 15.2. The van der Waals surface area contributed by atoms with Crippen LogP contribution in [0.2, 0.25) is 0 Å². The molecule has 0 saturated carbocycles. The van der Waals surface area contributed by atoms with Gasteiger partial charge in [0.15, 0.2) is 0 Å². The first kappa shape index (κ1) is 27.3. The van der Waals surface area contributed by atoms with Crippen molar-refractivity contribution in [2.24, 2.45) is 5.92 Å². The highest BCUT2D eigenvalue weighted by Crippen LogP contribution is 2.49. The highest BCUT2D eigenvalue weighted by molar-refractivity contribution is 7.00. The molecular weight excluding hydrogens is 555 g/mol. The van der Waals surface area contributed by atoms with Gasteiger partial charge in [0.25, 0.3) is 6.71 Å². The number of nitrogens with zero attached hydrogens (tertiary/aromatic N) is 2. The first-order valence-corrected chi connectivity index (χ1v) is 16.6. The normalized spacial score (nSPS) is 16.2. The smallest absolute Gasteiger partial charge is 0.252 e. The van der Waals surface area contributed by atoms with Crippen LogP contribution in [-0.2, 0) is 11.8 Å². The van der Waals surface area contributed by atoms with Crippen LogP contribution in [0.4, 0.5) is 34.1 Å². The van der Waals surface area contributed by atoms with Gasteiger partial charge in [0.2, 0.25) is 0 Å². The summed E-state index contributed by atoms with van der Waals surface area (Å²) in [5.74, 6) is 0.491. The second kappa shape index (κ2) is 9.99. The standard InChI is InChI=1S/C43H37BN2/c1-28-19-20-30-22-24-37-42(35(30)25-28)46(33-16-9-6-10-17-33)39-27-31(43(2,3)4)26-38-40(39)44(37)36-23-21-29-13-11-12-18-34(29)41(36)45(38)32-14-7-5-8-15-32/h5-24,26-28H,25H2,1-4H3. The molecule has 1 atom stereocenters. The minimum atomic E-state index is -0.0432. The van der Waals surface area contributed by atoms with E-state index < -0.39 is 0 Å². The Morgan fingerprint density at radius 3 is 1.91 bits per heavy atom. The maximum atomic E-state index is 2.60. The monoisotopic (exact) mass is 592 g/mol. The third-order valence-electron chi connectivity index (χ3n) is 10.3. The van der Waals surface area contributed by atoms with E-state index in [1.54, 1.807) is 0 Å². The molecule has 3 aliphatic rings. The number of rotatable bonds is 2. The van der Waals surface area contributed by atoms with Crippen LogP contribution >= 0.6 is 0 Å². The lowest BCUT2D eigenvalue weighted by atomic mass is 9.33. The molecule has 222 valence electrons. The number of hydrogen-bond acceptors (Lipinski definition) is 2. The second-order valence-corrected chi connectivity index (χ2v) is 14.3. The minimum absolute atomic E-state index is 0.0432. The SMILES string of the molecule is CC1C=Cc2ccc3c(c2C1)N(c1ccccc1)c1cc(C(C)(C)C)cc2c1B3c1ccc3ccccc3c1N2c1ccccc1. The first-order valence-electron chi connectivity index (χ1n) is 16.6. The Labute approximate surface area is 272 Å². The average Bonchev–Trinajstić information content (AvgIpc) is 3.08. The van der Waals surface area contributed by atoms with Crippen molar-refractivity contribution in [2.75, 3.05) is 9.80 Å². The number of benzene rings is 6. The summed E-state index contributed by atoms with van der Waals surface area (Å²) < 4.78 is 0. The summed E-state index contributed by atoms with van der Waals surface area (Å²) in [4.78, 5) is 5.15. The number of fused-ring (bicyclic) bond motifs is 8. The van der Waals surface area contributed by atoms with Crippen LogP contribution in [0.15, 0.2) is 127 Å². The fraction of sp³-hybridized carbons (Fsp3) is 0.163. The zero-order valence-electron chi connectivity index (χ0n) is 27.0. The van der Waals surface area contributed by atoms with Gasteiger partial charge in [-0.25, -0.2) is 0 Å². The largest absolute Gasteiger partial charge is 0.311 e. The van der Waals surface area contributed by atoms with Gasteiger partial charge in [-0.3, -0.25) is 0 Å². The molecule has 0 aromatic heterocycles. The van der Waals surface area contributed by atoms with Gasteiger partial charge in [-0.1, -0.05) is 125 Å². The molecule has 2 heterocycles. The number of para-hydroxylation sites is 2. The van der Waals surface area contributed by atoms with Crippen LogP contribution in [0.5, 0.6) is 0 Å². The van der Waals surface area contributed by atoms with Crippen LogP contribution in [0.3, 0.4) is 0 Å². The van der Waals surface area contributed by atoms with E-state index in [2.05, 4.69) is 171 Å². The zero-order chi connectivity index (χ0) is 31.2.